The first-order valence-corrected chi connectivity index (χ1v) is 13.1. The van der Waals surface area contributed by atoms with E-state index in [0.29, 0.717) is 17.7 Å². The van der Waals surface area contributed by atoms with Crippen LogP contribution in [0.25, 0.3) is 0 Å². The third kappa shape index (κ3) is 6.26. The Morgan fingerprint density at radius 3 is 1.93 bits per heavy atom. The van der Waals surface area contributed by atoms with Crippen LogP contribution < -0.4 is 29.8 Å². The highest BCUT2D eigenvalue weighted by Crippen LogP contribution is 2.52. The first kappa shape index (κ1) is 30.1. The van der Waals surface area contributed by atoms with Crippen molar-refractivity contribution in [1.82, 2.24) is 9.55 Å². The second-order valence-electron chi connectivity index (χ2n) is 8.60. The SMILES string of the molecule is COc1ccc(OP(=O)(OCC2(C(F)F)OC(n3cc(F)c(=O)[nH]c3=O)C(O)C2O)Oc2ccc(OC)cc2)cc1. The number of H-pyrrole nitrogens is 1. The fraction of sp³-hybridized carbons (Fsp3) is 0.333. The van der Waals surface area contributed by atoms with Crippen LogP contribution in [0.4, 0.5) is 13.2 Å². The lowest BCUT2D eigenvalue weighted by Gasteiger charge is -2.31. The van der Waals surface area contributed by atoms with E-state index in [1.54, 1.807) is 4.98 Å². The average molecular weight is 604 g/mol. The van der Waals surface area contributed by atoms with Gasteiger partial charge in [0.2, 0.25) is 5.82 Å². The summed E-state index contributed by atoms with van der Waals surface area (Å²) in [6.45, 7) is -1.41. The van der Waals surface area contributed by atoms with E-state index in [0.717, 1.165) is 0 Å². The standard InChI is InChI=1S/C24H24F3N2O11P/c1-35-13-3-7-15(8-4-13)39-41(34,40-16-9-5-14(36-2)6-10-16)37-12-24(22(26)27)19(31)18(30)21(38-24)29-11-17(25)20(32)28-23(29)33/h3-11,18-19,21-22,30-31H,12H2,1-2H3,(H,28,32,33). The first-order chi connectivity index (χ1) is 19.4. The zero-order chi connectivity index (χ0) is 29.9. The molecule has 222 valence electrons. The Balaban J connectivity index is 1.65. The zero-order valence-corrected chi connectivity index (χ0v) is 22.2. The molecule has 3 aromatic rings. The number of alkyl halides is 2. The molecule has 1 saturated heterocycles. The van der Waals surface area contributed by atoms with Crippen LogP contribution >= 0.6 is 7.82 Å². The predicted molar refractivity (Wildman–Crippen MR) is 133 cm³/mol. The number of aliphatic hydroxyl groups is 2. The minimum atomic E-state index is -4.87. The average Bonchev–Trinajstić information content (AvgIpc) is 3.21. The van der Waals surface area contributed by atoms with Gasteiger partial charge in [-0.25, -0.2) is 18.1 Å². The molecule has 41 heavy (non-hydrogen) atoms. The van der Waals surface area contributed by atoms with Crippen molar-refractivity contribution in [3.63, 3.8) is 0 Å². The summed E-state index contributed by atoms with van der Waals surface area (Å²) in [4.78, 5) is 25.1. The molecule has 0 aliphatic carbocycles. The normalized spacial score (nSPS) is 22.5. The van der Waals surface area contributed by atoms with Gasteiger partial charge in [-0.15, -0.1) is 0 Å². The number of ether oxygens (including phenoxy) is 3. The van der Waals surface area contributed by atoms with Crippen LogP contribution in [0.3, 0.4) is 0 Å². The molecule has 1 aliphatic rings. The maximum Gasteiger partial charge on any atom is 0.587 e. The van der Waals surface area contributed by atoms with Crippen molar-refractivity contribution in [3.8, 4) is 23.0 Å². The summed E-state index contributed by atoms with van der Waals surface area (Å²) in [5.74, 6) is -0.842. The minimum Gasteiger partial charge on any atom is -0.497 e. The molecule has 13 nitrogen and oxygen atoms in total. The predicted octanol–water partition coefficient (Wildman–Crippen LogP) is 2.23. The molecule has 0 spiro atoms. The van der Waals surface area contributed by atoms with Gasteiger partial charge in [-0.05, 0) is 48.5 Å². The summed E-state index contributed by atoms with van der Waals surface area (Å²) in [5, 5.41) is 21.1. The van der Waals surface area contributed by atoms with Crippen LogP contribution in [0.5, 0.6) is 23.0 Å². The Kier molecular flexibility index (Phi) is 8.80. The lowest BCUT2D eigenvalue weighted by atomic mass is 9.96. The van der Waals surface area contributed by atoms with Crippen molar-refractivity contribution in [2.24, 2.45) is 0 Å². The highest BCUT2D eigenvalue weighted by Gasteiger charge is 2.62. The highest BCUT2D eigenvalue weighted by molar-refractivity contribution is 7.49. The van der Waals surface area contributed by atoms with Crippen molar-refractivity contribution in [3.05, 3.63) is 81.4 Å². The molecule has 0 amide bonds. The number of aromatic nitrogens is 2. The molecular weight excluding hydrogens is 580 g/mol. The van der Waals surface area contributed by atoms with Gasteiger partial charge in [0.15, 0.2) is 11.8 Å². The fourth-order valence-electron chi connectivity index (χ4n) is 3.83. The topological polar surface area (TPSA) is 168 Å². The van der Waals surface area contributed by atoms with Crippen LogP contribution in [-0.4, -0.2) is 64.8 Å². The maximum atomic E-state index is 14.5. The molecule has 4 unspecified atom stereocenters. The van der Waals surface area contributed by atoms with Crippen LogP contribution in [0.15, 0.2) is 64.3 Å². The number of benzene rings is 2. The third-order valence-electron chi connectivity index (χ3n) is 6.03. The number of rotatable bonds is 11. The van der Waals surface area contributed by atoms with Crippen molar-refractivity contribution in [2.45, 2.75) is 30.5 Å². The van der Waals surface area contributed by atoms with E-state index in [2.05, 4.69) is 0 Å². The second-order valence-corrected chi connectivity index (χ2v) is 10.1. The fourth-order valence-corrected chi connectivity index (χ4v) is 5.09. The van der Waals surface area contributed by atoms with E-state index in [1.807, 2.05) is 0 Å². The van der Waals surface area contributed by atoms with E-state index in [1.165, 1.54) is 62.8 Å². The molecule has 4 rings (SSSR count). The Morgan fingerprint density at radius 2 is 1.46 bits per heavy atom. The van der Waals surface area contributed by atoms with Gasteiger partial charge in [-0.3, -0.25) is 18.9 Å². The Bertz CT molecular complexity index is 1460. The quantitative estimate of drug-likeness (QED) is 0.275. The Labute approximate surface area is 229 Å². The molecule has 4 atom stereocenters. The number of phosphoric acid groups is 1. The van der Waals surface area contributed by atoms with Gasteiger partial charge in [0.05, 0.1) is 27.0 Å². The smallest absolute Gasteiger partial charge is 0.497 e. The Morgan fingerprint density at radius 1 is 0.976 bits per heavy atom. The summed E-state index contributed by atoms with van der Waals surface area (Å²) in [5.41, 5.74) is -5.86. The number of aromatic amines is 1. The molecule has 1 fully saturated rings. The molecule has 1 aliphatic heterocycles. The van der Waals surface area contributed by atoms with Crippen molar-refractivity contribution >= 4 is 7.82 Å². The zero-order valence-electron chi connectivity index (χ0n) is 21.3. The van der Waals surface area contributed by atoms with Gasteiger partial charge in [-0.2, -0.15) is 4.39 Å². The van der Waals surface area contributed by atoms with Gasteiger partial charge in [0.1, 0.15) is 35.2 Å². The van der Waals surface area contributed by atoms with Crippen molar-refractivity contribution < 1.29 is 55.7 Å². The third-order valence-corrected chi connectivity index (χ3v) is 7.34. The van der Waals surface area contributed by atoms with Gasteiger partial charge < -0.3 is 33.5 Å². The number of phosphoric ester groups is 1. The monoisotopic (exact) mass is 604 g/mol. The van der Waals surface area contributed by atoms with Gasteiger partial charge >= 0.3 is 13.5 Å². The molecule has 2 heterocycles. The summed E-state index contributed by atoms with van der Waals surface area (Å²) < 4.78 is 88.1. The van der Waals surface area contributed by atoms with E-state index in [4.69, 9.17) is 27.8 Å². The lowest BCUT2D eigenvalue weighted by molar-refractivity contribution is -0.193. The number of nitrogens with one attached hydrogen (secondary N) is 1. The molecule has 2 aromatic carbocycles. The summed E-state index contributed by atoms with van der Waals surface area (Å²) >= 11 is 0. The van der Waals surface area contributed by atoms with Crippen LogP contribution in [0.1, 0.15) is 6.23 Å². The summed E-state index contributed by atoms with van der Waals surface area (Å²) in [7, 11) is -2.06. The minimum absolute atomic E-state index is 0.0881. The number of hydrogen-bond donors (Lipinski definition) is 3. The van der Waals surface area contributed by atoms with Gasteiger partial charge in [0, 0.05) is 0 Å². The molecule has 17 heteroatoms. The van der Waals surface area contributed by atoms with Gasteiger partial charge in [0.25, 0.3) is 12.0 Å². The summed E-state index contributed by atoms with van der Waals surface area (Å²) in [6.07, 6.45) is -10.1. The van der Waals surface area contributed by atoms with Crippen molar-refractivity contribution in [1.29, 1.82) is 0 Å². The van der Waals surface area contributed by atoms with Crippen LogP contribution in [0.2, 0.25) is 0 Å². The molecular formula is C24H24F3N2O11P. The second kappa shape index (κ2) is 12.0. The first-order valence-electron chi connectivity index (χ1n) is 11.7. The van der Waals surface area contributed by atoms with E-state index >= 15 is 0 Å². The highest BCUT2D eigenvalue weighted by atomic mass is 31.2. The lowest BCUT2D eigenvalue weighted by Crippen LogP contribution is -2.52. The van der Waals surface area contributed by atoms with Crippen LogP contribution in [0, 0.1) is 5.82 Å². The largest absolute Gasteiger partial charge is 0.587 e. The molecule has 3 N–H and O–H groups in total. The maximum absolute atomic E-state index is 14.5. The number of nitrogens with zero attached hydrogens (tertiary/aromatic N) is 1. The number of aliphatic hydroxyl groups excluding tert-OH is 2. The van der Waals surface area contributed by atoms with E-state index in [-0.39, 0.29) is 16.1 Å². The number of halogens is 3. The van der Waals surface area contributed by atoms with Crippen LogP contribution in [-0.2, 0) is 13.8 Å². The van der Waals surface area contributed by atoms with E-state index in [9.17, 15) is 37.5 Å². The van der Waals surface area contributed by atoms with Gasteiger partial charge in [-0.1, -0.05) is 0 Å². The van der Waals surface area contributed by atoms with Crippen molar-refractivity contribution in [2.75, 3.05) is 20.8 Å². The van der Waals surface area contributed by atoms with E-state index < -0.39 is 62.0 Å². The molecule has 0 saturated carbocycles. The molecule has 0 radical (unpaired) electrons. The number of methoxy groups -OCH3 is 2. The Hall–Kier alpha value is -3.82. The summed E-state index contributed by atoms with van der Waals surface area (Å²) in [6, 6.07) is 11.1. The molecule has 0 bridgehead atoms. The number of hydrogen-bond acceptors (Lipinski definition) is 11. The molecule has 1 aromatic heterocycles.